The smallest absolute Gasteiger partial charge is 0.0951 e. The maximum Gasteiger partial charge on any atom is 0.0951 e. The van der Waals surface area contributed by atoms with Gasteiger partial charge in [-0.05, 0) is 12.8 Å². The van der Waals surface area contributed by atoms with Gasteiger partial charge in [0, 0.05) is 18.9 Å². The van der Waals surface area contributed by atoms with Crippen molar-refractivity contribution in [2.24, 2.45) is 5.73 Å². The van der Waals surface area contributed by atoms with Crippen molar-refractivity contribution in [2.75, 3.05) is 6.54 Å². The lowest BCUT2D eigenvalue weighted by Crippen LogP contribution is -2.25. The number of aromatic nitrogens is 2. The highest BCUT2D eigenvalue weighted by Crippen LogP contribution is 2.41. The van der Waals surface area contributed by atoms with Crippen molar-refractivity contribution >= 4 is 24.8 Å². The van der Waals surface area contributed by atoms with Gasteiger partial charge < -0.3 is 10.3 Å². The second kappa shape index (κ2) is 4.12. The number of hydrogen-bond acceptors (Lipinski definition) is 2. The monoisotopic (exact) mass is 209 g/mol. The van der Waals surface area contributed by atoms with Crippen molar-refractivity contribution in [2.45, 2.75) is 18.4 Å². The third-order valence-electron chi connectivity index (χ3n) is 2.26. The molecule has 0 amide bonds. The van der Waals surface area contributed by atoms with Crippen molar-refractivity contribution < 1.29 is 0 Å². The van der Waals surface area contributed by atoms with Crippen LogP contribution in [0.15, 0.2) is 18.7 Å². The summed E-state index contributed by atoms with van der Waals surface area (Å²) >= 11 is 0. The van der Waals surface area contributed by atoms with Crippen LogP contribution in [0.4, 0.5) is 0 Å². The average Bonchev–Trinajstić information content (AvgIpc) is 2.58. The van der Waals surface area contributed by atoms with E-state index in [-0.39, 0.29) is 30.4 Å². The van der Waals surface area contributed by atoms with E-state index in [0.717, 1.165) is 6.54 Å². The molecule has 0 atom stereocenters. The highest BCUT2D eigenvalue weighted by Gasteiger charge is 2.42. The third kappa shape index (κ3) is 1.73. The summed E-state index contributed by atoms with van der Waals surface area (Å²) in [4.78, 5) is 3.98. The molecule has 1 fully saturated rings. The van der Waals surface area contributed by atoms with E-state index in [1.165, 1.54) is 12.8 Å². The van der Waals surface area contributed by atoms with Crippen molar-refractivity contribution in [3.05, 3.63) is 18.7 Å². The first-order chi connectivity index (χ1) is 4.87. The second-order valence-corrected chi connectivity index (χ2v) is 2.90. The fraction of sp³-hybridized carbons (Fsp3) is 0.571. The lowest BCUT2D eigenvalue weighted by Gasteiger charge is -2.12. The summed E-state index contributed by atoms with van der Waals surface area (Å²) in [6, 6.07) is 0. The Morgan fingerprint density at radius 3 is 2.42 bits per heavy atom. The number of rotatable bonds is 2. The van der Waals surface area contributed by atoms with Crippen molar-refractivity contribution in [3.63, 3.8) is 0 Å². The Labute approximate surface area is 84.2 Å². The first kappa shape index (κ1) is 11.8. The molecular formula is C7H13Cl2N3. The lowest BCUT2D eigenvalue weighted by atomic mass is 10.3. The van der Waals surface area contributed by atoms with E-state index in [9.17, 15) is 0 Å². The Morgan fingerprint density at radius 2 is 2.08 bits per heavy atom. The molecule has 0 spiro atoms. The number of halogens is 2. The molecule has 0 aromatic carbocycles. The molecule has 70 valence electrons. The molecule has 0 bridgehead atoms. The predicted octanol–water partition coefficient (Wildman–Crippen LogP) is 1.17. The molecule has 1 heterocycles. The van der Waals surface area contributed by atoms with E-state index in [0.29, 0.717) is 0 Å². The largest absolute Gasteiger partial charge is 0.330 e. The highest BCUT2D eigenvalue weighted by molar-refractivity contribution is 5.85. The molecule has 3 nitrogen and oxygen atoms in total. The Balaban J connectivity index is 0.000000605. The molecule has 1 aliphatic carbocycles. The number of hydrogen-bond donors (Lipinski definition) is 1. The van der Waals surface area contributed by atoms with Crippen LogP contribution in [0.3, 0.4) is 0 Å². The molecule has 1 saturated carbocycles. The third-order valence-corrected chi connectivity index (χ3v) is 2.26. The fourth-order valence-electron chi connectivity index (χ4n) is 1.25. The Bertz CT molecular complexity index is 219. The predicted molar refractivity (Wildman–Crippen MR) is 53.0 cm³/mol. The summed E-state index contributed by atoms with van der Waals surface area (Å²) in [6.07, 6.45) is 8.05. The number of nitrogens with zero attached hydrogens (tertiary/aromatic N) is 2. The van der Waals surface area contributed by atoms with Crippen LogP contribution in [0.5, 0.6) is 0 Å². The lowest BCUT2D eigenvalue weighted by molar-refractivity contribution is 0.492. The van der Waals surface area contributed by atoms with Gasteiger partial charge in [-0.25, -0.2) is 4.98 Å². The topological polar surface area (TPSA) is 43.8 Å². The molecule has 0 saturated heterocycles. The van der Waals surface area contributed by atoms with Crippen LogP contribution in [-0.2, 0) is 5.54 Å². The molecule has 5 heteroatoms. The average molecular weight is 210 g/mol. The minimum absolute atomic E-state index is 0. The van der Waals surface area contributed by atoms with Crippen LogP contribution in [0, 0.1) is 0 Å². The maximum absolute atomic E-state index is 5.61. The van der Waals surface area contributed by atoms with Gasteiger partial charge >= 0.3 is 0 Å². The quantitative estimate of drug-likeness (QED) is 0.796. The van der Waals surface area contributed by atoms with Crippen LogP contribution in [0.2, 0.25) is 0 Å². The normalized spacial score (nSPS) is 17.4. The molecule has 1 aromatic rings. The van der Waals surface area contributed by atoms with Crippen molar-refractivity contribution in [1.82, 2.24) is 9.55 Å². The van der Waals surface area contributed by atoms with Gasteiger partial charge in [0.05, 0.1) is 11.9 Å². The van der Waals surface area contributed by atoms with E-state index in [2.05, 4.69) is 9.55 Å². The van der Waals surface area contributed by atoms with Gasteiger partial charge in [-0.2, -0.15) is 0 Å². The Kier molecular flexibility index (Phi) is 4.03. The standard InChI is InChI=1S/C7H11N3.2ClH/c8-5-7(1-2-7)10-4-3-9-6-10;;/h3-4,6H,1-2,5,8H2;2*1H. The van der Waals surface area contributed by atoms with E-state index in [1.807, 2.05) is 12.5 Å². The zero-order valence-electron chi connectivity index (χ0n) is 6.64. The Morgan fingerprint density at radius 1 is 1.42 bits per heavy atom. The van der Waals surface area contributed by atoms with Crippen LogP contribution in [0.25, 0.3) is 0 Å². The van der Waals surface area contributed by atoms with Gasteiger partial charge in [-0.1, -0.05) is 0 Å². The van der Waals surface area contributed by atoms with Crippen LogP contribution < -0.4 is 5.73 Å². The summed E-state index contributed by atoms with van der Waals surface area (Å²) in [5.41, 5.74) is 5.86. The summed E-state index contributed by atoms with van der Waals surface area (Å²) in [6.45, 7) is 0.739. The summed E-state index contributed by atoms with van der Waals surface area (Å²) < 4.78 is 2.12. The molecule has 1 aliphatic rings. The van der Waals surface area contributed by atoms with Gasteiger partial charge in [0.15, 0.2) is 0 Å². The minimum atomic E-state index is 0. The maximum atomic E-state index is 5.61. The number of nitrogens with two attached hydrogens (primary N) is 1. The minimum Gasteiger partial charge on any atom is -0.330 e. The first-order valence-electron chi connectivity index (χ1n) is 3.56. The van der Waals surface area contributed by atoms with Gasteiger partial charge in [-0.3, -0.25) is 0 Å². The first-order valence-corrected chi connectivity index (χ1v) is 3.56. The van der Waals surface area contributed by atoms with Crippen molar-refractivity contribution in [3.8, 4) is 0 Å². The van der Waals surface area contributed by atoms with Gasteiger partial charge in [0.2, 0.25) is 0 Å². The van der Waals surface area contributed by atoms with Gasteiger partial charge in [0.25, 0.3) is 0 Å². The van der Waals surface area contributed by atoms with E-state index >= 15 is 0 Å². The molecule has 1 aromatic heterocycles. The van der Waals surface area contributed by atoms with E-state index in [4.69, 9.17) is 5.73 Å². The summed E-state index contributed by atoms with van der Waals surface area (Å²) in [5.74, 6) is 0. The van der Waals surface area contributed by atoms with Crippen LogP contribution in [0.1, 0.15) is 12.8 Å². The van der Waals surface area contributed by atoms with Gasteiger partial charge in [0.1, 0.15) is 0 Å². The van der Waals surface area contributed by atoms with E-state index in [1.54, 1.807) is 6.20 Å². The summed E-state index contributed by atoms with van der Waals surface area (Å²) in [7, 11) is 0. The zero-order valence-corrected chi connectivity index (χ0v) is 8.27. The molecule has 0 radical (unpaired) electrons. The van der Waals surface area contributed by atoms with Crippen LogP contribution in [-0.4, -0.2) is 16.1 Å². The fourth-order valence-corrected chi connectivity index (χ4v) is 1.25. The Hall–Kier alpha value is -0.250. The highest BCUT2D eigenvalue weighted by atomic mass is 35.5. The molecule has 2 rings (SSSR count). The summed E-state index contributed by atoms with van der Waals surface area (Å²) in [5, 5.41) is 0. The zero-order chi connectivity index (χ0) is 7.03. The van der Waals surface area contributed by atoms with E-state index < -0.39 is 0 Å². The van der Waals surface area contributed by atoms with Crippen LogP contribution >= 0.6 is 24.8 Å². The molecule has 12 heavy (non-hydrogen) atoms. The molecule has 2 N–H and O–H groups in total. The second-order valence-electron chi connectivity index (χ2n) is 2.90. The number of imidazole rings is 1. The molecule has 0 aliphatic heterocycles. The SMILES string of the molecule is Cl.Cl.NCC1(n2ccnc2)CC1. The van der Waals surface area contributed by atoms with Crippen molar-refractivity contribution in [1.29, 1.82) is 0 Å². The molecule has 0 unspecified atom stereocenters. The molecular weight excluding hydrogens is 197 g/mol. The van der Waals surface area contributed by atoms with Gasteiger partial charge in [-0.15, -0.1) is 24.8 Å².